The van der Waals surface area contributed by atoms with E-state index in [1.807, 2.05) is 19.2 Å². The molecule has 0 unspecified atom stereocenters. The molecule has 0 saturated heterocycles. The Hall–Kier alpha value is -0.400. The fourth-order valence-electron chi connectivity index (χ4n) is 0.804. The highest BCUT2D eigenvalue weighted by atomic mass is 35.5. The quantitative estimate of drug-likeness (QED) is 0.670. The van der Waals surface area contributed by atoms with Crippen molar-refractivity contribution >= 4 is 23.2 Å². The van der Waals surface area contributed by atoms with E-state index < -0.39 is 0 Å². The molecule has 0 bridgehead atoms. The minimum absolute atomic E-state index is 0.594. The fourth-order valence-corrected chi connectivity index (χ4v) is 1.08. The number of hydrogen-bond donors (Lipinski definition) is 1. The Morgan fingerprint density at radius 3 is 2.64 bits per heavy atom. The van der Waals surface area contributed by atoms with Gasteiger partial charge in [0.05, 0.1) is 10.1 Å². The van der Waals surface area contributed by atoms with E-state index in [1.54, 1.807) is 6.08 Å². The molecule has 0 radical (unpaired) electrons. The van der Waals surface area contributed by atoms with Crippen molar-refractivity contribution < 1.29 is 0 Å². The summed E-state index contributed by atoms with van der Waals surface area (Å²) < 4.78 is 0. The molecule has 11 heavy (non-hydrogen) atoms. The zero-order chi connectivity index (χ0) is 8.27. The molecule has 0 heterocycles. The van der Waals surface area contributed by atoms with Gasteiger partial charge in [-0.15, -0.1) is 0 Å². The number of rotatable bonds is 1. The van der Waals surface area contributed by atoms with Crippen molar-refractivity contribution in [3.8, 4) is 0 Å². The lowest BCUT2D eigenvalue weighted by molar-refractivity contribution is 0.941. The van der Waals surface area contributed by atoms with Crippen LogP contribution in [-0.4, -0.2) is 7.05 Å². The number of allylic oxidation sites excluding steroid dienone is 5. The van der Waals surface area contributed by atoms with Gasteiger partial charge in [0.2, 0.25) is 0 Å². The largest absolute Gasteiger partial charge is 0.391 e. The Morgan fingerprint density at radius 2 is 2.00 bits per heavy atom. The van der Waals surface area contributed by atoms with Gasteiger partial charge < -0.3 is 5.32 Å². The molecule has 0 aliphatic heterocycles. The van der Waals surface area contributed by atoms with E-state index in [-0.39, 0.29) is 0 Å². The highest BCUT2D eigenvalue weighted by Crippen LogP contribution is 2.23. The lowest BCUT2D eigenvalue weighted by Crippen LogP contribution is -2.03. The second kappa shape index (κ2) is 3.84. The van der Waals surface area contributed by atoms with Gasteiger partial charge >= 0.3 is 0 Å². The SMILES string of the molecule is CNC1=CC=C(Cl)C(Cl)=CC1. The van der Waals surface area contributed by atoms with Gasteiger partial charge in [0, 0.05) is 19.2 Å². The Balaban J connectivity index is 2.84. The zero-order valence-electron chi connectivity index (χ0n) is 6.20. The van der Waals surface area contributed by atoms with E-state index in [1.165, 1.54) is 0 Å². The van der Waals surface area contributed by atoms with Gasteiger partial charge in [0.1, 0.15) is 0 Å². The summed E-state index contributed by atoms with van der Waals surface area (Å²) in [6.45, 7) is 0. The molecular weight excluding hydrogens is 181 g/mol. The van der Waals surface area contributed by atoms with Crippen LogP contribution in [0.5, 0.6) is 0 Å². The lowest BCUT2D eigenvalue weighted by Gasteiger charge is -1.99. The number of hydrogen-bond acceptors (Lipinski definition) is 1. The average Bonchev–Trinajstić information content (AvgIpc) is 2.16. The van der Waals surface area contributed by atoms with Crippen LogP contribution in [0.2, 0.25) is 0 Å². The number of halogens is 2. The Morgan fingerprint density at radius 1 is 1.27 bits per heavy atom. The van der Waals surface area contributed by atoms with Crippen molar-refractivity contribution in [1.29, 1.82) is 0 Å². The van der Waals surface area contributed by atoms with Crippen LogP contribution in [-0.2, 0) is 0 Å². The van der Waals surface area contributed by atoms with Crippen molar-refractivity contribution in [2.45, 2.75) is 6.42 Å². The molecule has 1 N–H and O–H groups in total. The van der Waals surface area contributed by atoms with E-state index in [4.69, 9.17) is 23.2 Å². The standard InChI is InChI=1S/C8H9Cl2N/c1-11-6-2-4-7(9)8(10)5-3-6/h2,4-5,11H,3H2,1H3. The van der Waals surface area contributed by atoms with E-state index in [9.17, 15) is 0 Å². The summed E-state index contributed by atoms with van der Waals surface area (Å²) >= 11 is 11.6. The van der Waals surface area contributed by atoms with Gasteiger partial charge in [-0.25, -0.2) is 0 Å². The molecule has 0 aromatic carbocycles. The fraction of sp³-hybridized carbons (Fsp3) is 0.250. The Kier molecular flexibility index (Phi) is 3.03. The molecule has 1 rings (SSSR count). The summed E-state index contributed by atoms with van der Waals surface area (Å²) in [4.78, 5) is 0. The third-order valence-electron chi connectivity index (χ3n) is 1.48. The topological polar surface area (TPSA) is 12.0 Å². The third-order valence-corrected chi connectivity index (χ3v) is 2.27. The van der Waals surface area contributed by atoms with Gasteiger partial charge in [-0.05, 0) is 12.2 Å². The number of nitrogens with one attached hydrogen (secondary N) is 1. The second-order valence-electron chi connectivity index (χ2n) is 2.21. The van der Waals surface area contributed by atoms with Crippen molar-refractivity contribution in [1.82, 2.24) is 5.32 Å². The van der Waals surface area contributed by atoms with E-state index >= 15 is 0 Å². The first-order valence-electron chi connectivity index (χ1n) is 3.34. The molecule has 0 atom stereocenters. The molecule has 0 spiro atoms. The molecule has 3 heteroatoms. The zero-order valence-corrected chi connectivity index (χ0v) is 7.71. The monoisotopic (exact) mass is 189 g/mol. The summed E-state index contributed by atoms with van der Waals surface area (Å²) in [6, 6.07) is 0. The van der Waals surface area contributed by atoms with Crippen molar-refractivity contribution in [3.05, 3.63) is 34.0 Å². The third kappa shape index (κ3) is 2.28. The van der Waals surface area contributed by atoms with Crippen LogP contribution in [0.3, 0.4) is 0 Å². The van der Waals surface area contributed by atoms with E-state index in [0.717, 1.165) is 12.1 Å². The summed E-state index contributed by atoms with van der Waals surface area (Å²) in [5.41, 5.74) is 1.11. The van der Waals surface area contributed by atoms with E-state index in [2.05, 4.69) is 5.32 Å². The van der Waals surface area contributed by atoms with Crippen LogP contribution in [0.15, 0.2) is 34.0 Å². The van der Waals surface area contributed by atoms with Crippen LogP contribution >= 0.6 is 23.2 Å². The molecule has 0 amide bonds. The maximum Gasteiger partial charge on any atom is 0.0589 e. The highest BCUT2D eigenvalue weighted by Gasteiger charge is 2.01. The molecule has 1 nitrogen and oxygen atoms in total. The van der Waals surface area contributed by atoms with Crippen LogP contribution in [0, 0.1) is 0 Å². The minimum Gasteiger partial charge on any atom is -0.391 e. The Labute approximate surface area is 76.4 Å². The first-order chi connectivity index (χ1) is 5.24. The molecular formula is C8H9Cl2N. The molecule has 1 aliphatic carbocycles. The summed E-state index contributed by atoms with van der Waals surface area (Å²) in [5, 5.41) is 4.25. The first kappa shape index (κ1) is 8.69. The second-order valence-corrected chi connectivity index (χ2v) is 3.03. The van der Waals surface area contributed by atoms with E-state index in [0.29, 0.717) is 10.1 Å². The maximum absolute atomic E-state index is 5.79. The first-order valence-corrected chi connectivity index (χ1v) is 4.10. The van der Waals surface area contributed by atoms with Gasteiger partial charge in [-0.1, -0.05) is 29.3 Å². The van der Waals surface area contributed by atoms with Gasteiger partial charge in [-0.3, -0.25) is 0 Å². The molecule has 0 saturated carbocycles. The summed E-state index contributed by atoms with van der Waals surface area (Å²) in [6.07, 6.45) is 6.41. The molecule has 0 aromatic heterocycles. The smallest absolute Gasteiger partial charge is 0.0589 e. The maximum atomic E-state index is 5.79. The normalized spacial score (nSPS) is 17.9. The summed E-state index contributed by atoms with van der Waals surface area (Å²) in [7, 11) is 1.88. The molecule has 0 aromatic rings. The van der Waals surface area contributed by atoms with Crippen molar-refractivity contribution in [2.75, 3.05) is 7.05 Å². The van der Waals surface area contributed by atoms with Gasteiger partial charge in [-0.2, -0.15) is 0 Å². The Bertz CT molecular complexity index is 238. The predicted octanol–water partition coefficient (Wildman–Crippen LogP) is 2.74. The average molecular weight is 190 g/mol. The molecule has 0 fully saturated rings. The van der Waals surface area contributed by atoms with Crippen molar-refractivity contribution in [3.63, 3.8) is 0 Å². The predicted molar refractivity (Wildman–Crippen MR) is 49.6 cm³/mol. The van der Waals surface area contributed by atoms with Crippen LogP contribution in [0.1, 0.15) is 6.42 Å². The van der Waals surface area contributed by atoms with Gasteiger partial charge in [0.25, 0.3) is 0 Å². The van der Waals surface area contributed by atoms with Crippen LogP contribution in [0.4, 0.5) is 0 Å². The lowest BCUT2D eigenvalue weighted by atomic mass is 10.3. The van der Waals surface area contributed by atoms with Gasteiger partial charge in [0.15, 0.2) is 0 Å². The summed E-state index contributed by atoms with van der Waals surface area (Å²) in [5.74, 6) is 0. The minimum atomic E-state index is 0.594. The van der Waals surface area contributed by atoms with Crippen molar-refractivity contribution in [2.24, 2.45) is 0 Å². The molecule has 1 aliphatic rings. The van der Waals surface area contributed by atoms with Crippen LogP contribution < -0.4 is 5.32 Å². The molecule has 60 valence electrons. The van der Waals surface area contributed by atoms with Crippen LogP contribution in [0.25, 0.3) is 0 Å². The highest BCUT2D eigenvalue weighted by molar-refractivity contribution is 6.44.